The molecule has 0 aromatic heterocycles. The molecule has 3 atom stereocenters. The smallest absolute Gasteiger partial charge is 0.151 e. The van der Waals surface area contributed by atoms with Crippen LogP contribution in [0.5, 0.6) is 0 Å². The number of hydrogen-bond acceptors (Lipinski definition) is 4. The highest BCUT2D eigenvalue weighted by Gasteiger charge is 2.21. The van der Waals surface area contributed by atoms with Crippen LogP contribution in [0.1, 0.15) is 13.3 Å². The van der Waals surface area contributed by atoms with Crippen LogP contribution in [-0.4, -0.2) is 39.9 Å². The van der Waals surface area contributed by atoms with Crippen LogP contribution in [-0.2, 0) is 4.79 Å². The number of aldehydes is 1. The molecule has 0 aromatic rings. The van der Waals surface area contributed by atoms with Crippen molar-refractivity contribution in [1.29, 1.82) is 0 Å². The lowest BCUT2D eigenvalue weighted by Gasteiger charge is -2.17. The average Bonchev–Trinajstić information content (AvgIpc) is 2.00. The molecule has 0 saturated carbocycles. The van der Waals surface area contributed by atoms with E-state index in [0.29, 0.717) is 6.42 Å². The van der Waals surface area contributed by atoms with Crippen molar-refractivity contribution in [3.05, 3.63) is 0 Å². The third-order valence-corrected chi connectivity index (χ3v) is 1.30. The van der Waals surface area contributed by atoms with Crippen molar-refractivity contribution >= 4 is 6.29 Å². The van der Waals surface area contributed by atoms with Crippen molar-refractivity contribution in [2.45, 2.75) is 31.7 Å². The quantitative estimate of drug-likeness (QED) is 0.432. The number of carbonyl (C=O) groups is 1. The fourth-order valence-electron chi connectivity index (χ4n) is 0.550. The van der Waals surface area contributed by atoms with Crippen LogP contribution >= 0.6 is 0 Å². The molecule has 4 nitrogen and oxygen atoms in total. The molecule has 0 aromatic carbocycles. The van der Waals surface area contributed by atoms with E-state index in [-0.39, 0.29) is 6.29 Å². The molecule has 0 heterocycles. The van der Waals surface area contributed by atoms with E-state index in [9.17, 15) is 4.79 Å². The maximum absolute atomic E-state index is 9.85. The number of aliphatic hydroxyl groups is 3. The minimum atomic E-state index is -1.48. The highest BCUT2D eigenvalue weighted by Crippen LogP contribution is 2.01. The summed E-state index contributed by atoms with van der Waals surface area (Å²) < 4.78 is 0. The van der Waals surface area contributed by atoms with E-state index in [1.807, 2.05) is 0 Å². The molecule has 4 heteroatoms. The molecule has 0 fully saturated rings. The fourth-order valence-corrected chi connectivity index (χ4v) is 0.550. The molecular weight excluding hydrogens is 136 g/mol. The molecule has 0 amide bonds. The first-order valence-electron chi connectivity index (χ1n) is 3.13. The molecule has 60 valence electrons. The normalized spacial score (nSPS) is 19.6. The van der Waals surface area contributed by atoms with Crippen molar-refractivity contribution in [3.63, 3.8) is 0 Å². The number of aliphatic hydroxyl groups excluding tert-OH is 3. The number of carbonyl (C=O) groups excluding carboxylic acids is 1. The monoisotopic (exact) mass is 148 g/mol. The average molecular weight is 148 g/mol. The number of rotatable bonds is 4. The molecule has 0 aliphatic carbocycles. The zero-order valence-corrected chi connectivity index (χ0v) is 5.77. The van der Waals surface area contributed by atoms with Gasteiger partial charge in [0.1, 0.15) is 12.2 Å². The Bertz CT molecular complexity index is 104. The molecule has 0 aliphatic heterocycles. The maximum atomic E-state index is 9.85. The Labute approximate surface area is 59.1 Å². The maximum Gasteiger partial charge on any atom is 0.151 e. The van der Waals surface area contributed by atoms with Gasteiger partial charge in [-0.05, 0) is 6.42 Å². The lowest BCUT2D eigenvalue weighted by molar-refractivity contribution is -0.126. The van der Waals surface area contributed by atoms with Crippen LogP contribution in [0.25, 0.3) is 0 Å². The van der Waals surface area contributed by atoms with Gasteiger partial charge in [-0.3, -0.25) is 0 Å². The van der Waals surface area contributed by atoms with Crippen LogP contribution in [0.4, 0.5) is 0 Å². The summed E-state index contributed by atoms with van der Waals surface area (Å²) in [6, 6.07) is 0. The van der Waals surface area contributed by atoms with Crippen LogP contribution < -0.4 is 0 Å². The van der Waals surface area contributed by atoms with Gasteiger partial charge < -0.3 is 20.1 Å². The predicted molar refractivity (Wildman–Crippen MR) is 34.4 cm³/mol. The summed E-state index contributed by atoms with van der Waals surface area (Å²) in [6.45, 7) is 1.64. The molecule has 10 heavy (non-hydrogen) atoms. The Hall–Kier alpha value is -0.450. The number of hydrogen-bond donors (Lipinski definition) is 3. The van der Waals surface area contributed by atoms with E-state index >= 15 is 0 Å². The van der Waals surface area contributed by atoms with Crippen molar-refractivity contribution in [1.82, 2.24) is 0 Å². The van der Waals surface area contributed by atoms with Gasteiger partial charge in [0.25, 0.3) is 0 Å². The lowest BCUT2D eigenvalue weighted by atomic mass is 10.1. The van der Waals surface area contributed by atoms with E-state index in [2.05, 4.69) is 0 Å². The first kappa shape index (κ1) is 9.55. The second-order valence-electron chi connectivity index (χ2n) is 2.09. The van der Waals surface area contributed by atoms with Gasteiger partial charge in [0, 0.05) is 0 Å². The highest BCUT2D eigenvalue weighted by molar-refractivity contribution is 5.56. The van der Waals surface area contributed by atoms with Crippen molar-refractivity contribution in [3.8, 4) is 0 Å². The fraction of sp³-hybridized carbons (Fsp3) is 0.833. The standard InChI is InChI=1S/C6H12O4/c1-2-4(8)6(10)5(9)3-7/h3-6,8-10H,2H2,1H3/t4-,5-,6+/m0/s1. The largest absolute Gasteiger partial charge is 0.390 e. The van der Waals surface area contributed by atoms with Gasteiger partial charge in [0.15, 0.2) is 6.29 Å². The summed E-state index contributed by atoms with van der Waals surface area (Å²) >= 11 is 0. The summed E-state index contributed by atoms with van der Waals surface area (Å²) in [5.41, 5.74) is 0. The third-order valence-electron chi connectivity index (χ3n) is 1.30. The van der Waals surface area contributed by atoms with Crippen LogP contribution in [0.15, 0.2) is 0 Å². The molecule has 3 N–H and O–H groups in total. The summed E-state index contributed by atoms with van der Waals surface area (Å²) in [5.74, 6) is 0. The second kappa shape index (κ2) is 4.38. The second-order valence-corrected chi connectivity index (χ2v) is 2.09. The third kappa shape index (κ3) is 2.43. The molecular formula is C6H12O4. The van der Waals surface area contributed by atoms with Gasteiger partial charge >= 0.3 is 0 Å². The van der Waals surface area contributed by atoms with E-state index in [1.54, 1.807) is 6.92 Å². The zero-order chi connectivity index (χ0) is 8.15. The molecule has 0 saturated heterocycles. The van der Waals surface area contributed by atoms with Crippen LogP contribution in [0.2, 0.25) is 0 Å². The highest BCUT2D eigenvalue weighted by atomic mass is 16.4. The van der Waals surface area contributed by atoms with Crippen molar-refractivity contribution in [2.24, 2.45) is 0 Å². The SMILES string of the molecule is CC[C@H](O)[C@@H](O)[C@@H](O)C=O. The van der Waals surface area contributed by atoms with Gasteiger partial charge in [-0.25, -0.2) is 0 Å². The Morgan fingerprint density at radius 2 is 1.90 bits per heavy atom. The molecule has 0 radical (unpaired) electrons. The van der Waals surface area contributed by atoms with Gasteiger partial charge in [0.2, 0.25) is 0 Å². The first-order valence-corrected chi connectivity index (χ1v) is 3.13. The van der Waals surface area contributed by atoms with E-state index in [1.165, 1.54) is 0 Å². The summed E-state index contributed by atoms with van der Waals surface area (Å²) in [5, 5.41) is 26.4. The molecule has 0 bridgehead atoms. The Morgan fingerprint density at radius 3 is 2.20 bits per heavy atom. The summed E-state index contributed by atoms with van der Waals surface area (Å²) in [4.78, 5) is 9.85. The van der Waals surface area contributed by atoms with Crippen LogP contribution in [0, 0.1) is 0 Å². The van der Waals surface area contributed by atoms with Gasteiger partial charge in [-0.15, -0.1) is 0 Å². The van der Waals surface area contributed by atoms with Crippen LogP contribution in [0.3, 0.4) is 0 Å². The topological polar surface area (TPSA) is 77.8 Å². The van der Waals surface area contributed by atoms with Crippen molar-refractivity contribution in [2.75, 3.05) is 0 Å². The van der Waals surface area contributed by atoms with E-state index in [0.717, 1.165) is 0 Å². The van der Waals surface area contributed by atoms with Gasteiger partial charge in [0.05, 0.1) is 6.10 Å². The summed E-state index contributed by atoms with van der Waals surface area (Å²) in [6.07, 6.45) is -3.35. The van der Waals surface area contributed by atoms with Gasteiger partial charge in [-0.1, -0.05) is 6.92 Å². The zero-order valence-electron chi connectivity index (χ0n) is 5.77. The Balaban J connectivity index is 3.80. The minimum absolute atomic E-state index is 0.198. The van der Waals surface area contributed by atoms with E-state index < -0.39 is 18.3 Å². The first-order chi connectivity index (χ1) is 4.63. The Morgan fingerprint density at radius 1 is 1.40 bits per heavy atom. The predicted octanol–water partition coefficient (Wildman–Crippen LogP) is -1.32. The molecule has 0 rings (SSSR count). The Kier molecular flexibility index (Phi) is 4.18. The molecule has 0 spiro atoms. The van der Waals surface area contributed by atoms with Crippen molar-refractivity contribution < 1.29 is 20.1 Å². The molecule has 0 unspecified atom stereocenters. The lowest BCUT2D eigenvalue weighted by Crippen LogP contribution is -2.37. The minimum Gasteiger partial charge on any atom is -0.390 e. The summed E-state index contributed by atoms with van der Waals surface area (Å²) in [7, 11) is 0. The molecule has 0 aliphatic rings. The van der Waals surface area contributed by atoms with E-state index in [4.69, 9.17) is 15.3 Å². The van der Waals surface area contributed by atoms with Gasteiger partial charge in [-0.2, -0.15) is 0 Å².